The second kappa shape index (κ2) is 5.63. The van der Waals surface area contributed by atoms with Crippen LogP contribution in [-0.4, -0.2) is 10.9 Å². The molecular formula is C12H6BrClF2N2O. The van der Waals surface area contributed by atoms with Crippen molar-refractivity contribution in [3.8, 4) is 0 Å². The first-order chi connectivity index (χ1) is 8.97. The summed E-state index contributed by atoms with van der Waals surface area (Å²) in [5.74, 6) is -2.12. The van der Waals surface area contributed by atoms with Gasteiger partial charge in [-0.3, -0.25) is 4.79 Å². The molecule has 0 saturated heterocycles. The second-order valence-corrected chi connectivity index (χ2v) is 4.79. The van der Waals surface area contributed by atoms with E-state index in [0.29, 0.717) is 0 Å². The third-order valence-corrected chi connectivity index (χ3v) is 3.02. The van der Waals surface area contributed by atoms with E-state index in [1.807, 2.05) is 0 Å². The molecule has 1 amide bonds. The molecule has 0 aliphatic heterocycles. The van der Waals surface area contributed by atoms with Crippen LogP contribution < -0.4 is 5.32 Å². The fraction of sp³-hybridized carbons (Fsp3) is 0. The lowest BCUT2D eigenvalue weighted by Gasteiger charge is -2.07. The van der Waals surface area contributed by atoms with Gasteiger partial charge in [0.25, 0.3) is 5.91 Å². The van der Waals surface area contributed by atoms with Crippen molar-refractivity contribution in [1.82, 2.24) is 4.98 Å². The molecule has 2 aromatic rings. The predicted octanol–water partition coefficient (Wildman–Crippen LogP) is 4.03. The molecule has 7 heteroatoms. The molecule has 0 aliphatic carbocycles. The van der Waals surface area contributed by atoms with Crippen molar-refractivity contribution in [3.63, 3.8) is 0 Å². The molecule has 0 radical (unpaired) electrons. The molecule has 0 bridgehead atoms. The predicted molar refractivity (Wildman–Crippen MR) is 71.3 cm³/mol. The third-order valence-electron chi connectivity index (χ3n) is 2.21. The Morgan fingerprint density at radius 2 is 2.00 bits per heavy atom. The topological polar surface area (TPSA) is 42.0 Å². The van der Waals surface area contributed by atoms with Gasteiger partial charge in [0.1, 0.15) is 22.5 Å². The van der Waals surface area contributed by atoms with Crippen LogP contribution in [0.25, 0.3) is 0 Å². The van der Waals surface area contributed by atoms with Crippen molar-refractivity contribution in [3.05, 3.63) is 57.3 Å². The van der Waals surface area contributed by atoms with E-state index in [-0.39, 0.29) is 21.0 Å². The van der Waals surface area contributed by atoms with Crippen LogP contribution in [0.3, 0.4) is 0 Å². The summed E-state index contributed by atoms with van der Waals surface area (Å²) < 4.78 is 26.8. The van der Waals surface area contributed by atoms with Gasteiger partial charge in [-0.2, -0.15) is 0 Å². The Morgan fingerprint density at radius 3 is 2.68 bits per heavy atom. The molecule has 1 heterocycles. The van der Waals surface area contributed by atoms with Crippen molar-refractivity contribution in [2.45, 2.75) is 0 Å². The van der Waals surface area contributed by atoms with E-state index in [4.69, 9.17) is 11.6 Å². The number of carbonyl (C=O) groups excluding carboxylic acids is 1. The Labute approximate surface area is 120 Å². The first-order valence-electron chi connectivity index (χ1n) is 5.06. The third kappa shape index (κ3) is 3.27. The quantitative estimate of drug-likeness (QED) is 0.658. The smallest absolute Gasteiger partial charge is 0.274 e. The molecule has 1 aromatic heterocycles. The lowest BCUT2D eigenvalue weighted by atomic mass is 10.2. The van der Waals surface area contributed by atoms with E-state index in [0.717, 1.165) is 12.1 Å². The minimum Gasteiger partial charge on any atom is -0.318 e. The van der Waals surface area contributed by atoms with Gasteiger partial charge in [0.05, 0.1) is 10.2 Å². The highest BCUT2D eigenvalue weighted by Gasteiger charge is 2.13. The minimum atomic E-state index is -0.761. The molecule has 1 aromatic carbocycles. The number of rotatable bonds is 2. The molecule has 2 rings (SSSR count). The second-order valence-electron chi connectivity index (χ2n) is 3.55. The molecule has 98 valence electrons. The molecule has 0 unspecified atom stereocenters. The van der Waals surface area contributed by atoms with Crippen LogP contribution in [0.15, 0.2) is 34.8 Å². The van der Waals surface area contributed by atoms with Crippen LogP contribution in [0.1, 0.15) is 10.5 Å². The number of carbonyl (C=O) groups is 1. The number of halogens is 4. The molecule has 0 fully saturated rings. The van der Waals surface area contributed by atoms with Gasteiger partial charge in [-0.05, 0) is 34.1 Å². The molecule has 0 saturated carbocycles. The van der Waals surface area contributed by atoms with Crippen LogP contribution in [-0.2, 0) is 0 Å². The van der Waals surface area contributed by atoms with Crippen LogP contribution in [0.2, 0.25) is 5.15 Å². The van der Waals surface area contributed by atoms with Crippen molar-refractivity contribution >= 4 is 39.1 Å². The zero-order valence-electron chi connectivity index (χ0n) is 9.25. The fourth-order valence-corrected chi connectivity index (χ4v) is 1.82. The van der Waals surface area contributed by atoms with Crippen molar-refractivity contribution in [1.29, 1.82) is 0 Å². The number of nitrogens with one attached hydrogen (secondary N) is 1. The number of hydrogen-bond acceptors (Lipinski definition) is 2. The maximum Gasteiger partial charge on any atom is 0.274 e. The van der Waals surface area contributed by atoms with E-state index < -0.39 is 17.5 Å². The van der Waals surface area contributed by atoms with Crippen LogP contribution in [0.5, 0.6) is 0 Å². The summed E-state index contributed by atoms with van der Waals surface area (Å²) in [6.45, 7) is 0. The Morgan fingerprint density at radius 1 is 1.26 bits per heavy atom. The van der Waals surface area contributed by atoms with Gasteiger partial charge >= 0.3 is 0 Å². The highest BCUT2D eigenvalue weighted by atomic mass is 79.9. The van der Waals surface area contributed by atoms with Crippen LogP contribution in [0.4, 0.5) is 14.5 Å². The standard InChI is InChI=1S/C12H6BrClF2N2O/c13-6-4-8(16)10(5-7(6)15)18-12(19)9-2-1-3-11(14)17-9/h1-5H,(H,18,19). The Kier molecular flexibility index (Phi) is 4.11. The Bertz CT molecular complexity index is 652. The van der Waals surface area contributed by atoms with E-state index in [1.54, 1.807) is 0 Å². The molecule has 0 aliphatic rings. The number of aromatic nitrogens is 1. The number of amides is 1. The highest BCUT2D eigenvalue weighted by molar-refractivity contribution is 9.10. The number of anilines is 1. The summed E-state index contributed by atoms with van der Waals surface area (Å²) in [5, 5.41) is 2.36. The van der Waals surface area contributed by atoms with Crippen LogP contribution in [0, 0.1) is 11.6 Å². The molecule has 0 spiro atoms. The minimum absolute atomic E-state index is 0.00947. The highest BCUT2D eigenvalue weighted by Crippen LogP contribution is 2.23. The number of pyridine rings is 1. The Balaban J connectivity index is 2.27. The fourth-order valence-electron chi connectivity index (χ4n) is 1.34. The summed E-state index contributed by atoms with van der Waals surface area (Å²) >= 11 is 8.48. The average molecular weight is 348 g/mol. The van der Waals surface area contributed by atoms with Gasteiger partial charge in [0, 0.05) is 6.07 Å². The molecule has 3 nitrogen and oxygen atoms in total. The molecule has 1 N–H and O–H groups in total. The number of nitrogens with zero attached hydrogens (tertiary/aromatic N) is 1. The first-order valence-corrected chi connectivity index (χ1v) is 6.23. The first kappa shape index (κ1) is 13.9. The summed E-state index contributed by atoms with van der Waals surface area (Å²) in [7, 11) is 0. The van der Waals surface area contributed by atoms with E-state index in [2.05, 4.69) is 26.2 Å². The summed E-state index contributed by atoms with van der Waals surface area (Å²) in [5.41, 5.74) is -0.261. The number of benzene rings is 1. The molecule has 19 heavy (non-hydrogen) atoms. The summed E-state index contributed by atoms with van der Waals surface area (Å²) in [6.07, 6.45) is 0. The maximum absolute atomic E-state index is 13.5. The molecular weight excluding hydrogens is 341 g/mol. The van der Waals surface area contributed by atoms with Crippen LogP contribution >= 0.6 is 27.5 Å². The monoisotopic (exact) mass is 346 g/mol. The van der Waals surface area contributed by atoms with Gasteiger partial charge in [-0.25, -0.2) is 13.8 Å². The lowest BCUT2D eigenvalue weighted by Crippen LogP contribution is -2.14. The van der Waals surface area contributed by atoms with E-state index in [1.165, 1.54) is 18.2 Å². The van der Waals surface area contributed by atoms with Gasteiger partial charge in [-0.1, -0.05) is 17.7 Å². The molecule has 0 atom stereocenters. The maximum atomic E-state index is 13.5. The van der Waals surface area contributed by atoms with E-state index in [9.17, 15) is 13.6 Å². The average Bonchev–Trinajstić information content (AvgIpc) is 2.36. The zero-order valence-corrected chi connectivity index (χ0v) is 11.6. The zero-order chi connectivity index (χ0) is 14.0. The Hall–Kier alpha value is -1.53. The summed E-state index contributed by atoms with van der Waals surface area (Å²) in [6, 6.07) is 6.24. The van der Waals surface area contributed by atoms with Gasteiger partial charge in [0.2, 0.25) is 0 Å². The van der Waals surface area contributed by atoms with Crippen molar-refractivity contribution < 1.29 is 13.6 Å². The van der Waals surface area contributed by atoms with Gasteiger partial charge in [0.15, 0.2) is 0 Å². The van der Waals surface area contributed by atoms with E-state index >= 15 is 0 Å². The van der Waals surface area contributed by atoms with Crippen molar-refractivity contribution in [2.24, 2.45) is 0 Å². The lowest BCUT2D eigenvalue weighted by molar-refractivity contribution is 0.102. The largest absolute Gasteiger partial charge is 0.318 e. The normalized spacial score (nSPS) is 10.3. The van der Waals surface area contributed by atoms with Crippen molar-refractivity contribution in [2.75, 3.05) is 5.32 Å². The number of hydrogen-bond donors (Lipinski definition) is 1. The summed E-state index contributed by atoms with van der Waals surface area (Å²) in [4.78, 5) is 15.5. The van der Waals surface area contributed by atoms with Gasteiger partial charge < -0.3 is 5.32 Å². The SMILES string of the molecule is O=C(Nc1cc(F)c(Br)cc1F)c1cccc(Cl)n1. The van der Waals surface area contributed by atoms with Gasteiger partial charge in [-0.15, -0.1) is 0 Å².